The van der Waals surface area contributed by atoms with Gasteiger partial charge in [0.1, 0.15) is 22.7 Å². The molecule has 0 unspecified atom stereocenters. The Labute approximate surface area is 226 Å². The van der Waals surface area contributed by atoms with Gasteiger partial charge >= 0.3 is 0 Å². The zero-order valence-electron chi connectivity index (χ0n) is 22.0. The van der Waals surface area contributed by atoms with Crippen molar-refractivity contribution in [3.8, 4) is 22.6 Å². The zero-order chi connectivity index (χ0) is 27.3. The minimum atomic E-state index is -0.581. The number of primary amides is 1. The molecular formula is C30H32ClN3O4. The highest BCUT2D eigenvalue weighted by atomic mass is 35.5. The number of aliphatic hydroxyl groups is 1. The molecule has 2 aromatic carbocycles. The summed E-state index contributed by atoms with van der Waals surface area (Å²) < 4.78 is 9.70. The molecule has 1 fully saturated rings. The van der Waals surface area contributed by atoms with Gasteiger partial charge in [-0.05, 0) is 99.0 Å². The SMILES string of the molecule is Cc1cc(Oc2c(C)cc(Cl)cc2C)cc(-c2cn(C)c(=O)c3c2cc(C(N)=O)n3C2CCC(O)CC2)c1. The fraction of sp³-hybridized carbons (Fsp3) is 0.333. The Morgan fingerprint density at radius 2 is 1.68 bits per heavy atom. The topological polar surface area (TPSA) is 99.5 Å². The van der Waals surface area contributed by atoms with Crippen LogP contribution in [0.4, 0.5) is 0 Å². The fourth-order valence-corrected chi connectivity index (χ4v) is 6.02. The first-order valence-electron chi connectivity index (χ1n) is 12.8. The van der Waals surface area contributed by atoms with Crippen LogP contribution in [0.25, 0.3) is 22.0 Å². The van der Waals surface area contributed by atoms with Crippen LogP contribution in [0.5, 0.6) is 11.5 Å². The van der Waals surface area contributed by atoms with Crippen LogP contribution in [0.2, 0.25) is 5.02 Å². The van der Waals surface area contributed by atoms with Gasteiger partial charge in [0.15, 0.2) is 0 Å². The molecule has 0 spiro atoms. The lowest BCUT2D eigenvalue weighted by atomic mass is 9.92. The van der Waals surface area contributed by atoms with E-state index in [1.165, 1.54) is 0 Å². The van der Waals surface area contributed by atoms with Crippen LogP contribution >= 0.6 is 11.6 Å². The van der Waals surface area contributed by atoms with Gasteiger partial charge in [0, 0.05) is 35.3 Å². The Bertz CT molecular complexity index is 1600. The molecule has 0 aliphatic heterocycles. The van der Waals surface area contributed by atoms with Gasteiger partial charge in [0.2, 0.25) is 0 Å². The van der Waals surface area contributed by atoms with E-state index in [9.17, 15) is 14.7 Å². The van der Waals surface area contributed by atoms with E-state index in [0.29, 0.717) is 53.1 Å². The van der Waals surface area contributed by atoms with Gasteiger partial charge in [-0.15, -0.1) is 0 Å². The number of fused-ring (bicyclic) bond motifs is 1. The van der Waals surface area contributed by atoms with Gasteiger partial charge in [-0.2, -0.15) is 0 Å². The number of carbonyl (C=O) groups excluding carboxylic acids is 1. The van der Waals surface area contributed by atoms with Crippen molar-refractivity contribution in [3.63, 3.8) is 0 Å². The smallest absolute Gasteiger partial charge is 0.274 e. The fourth-order valence-electron chi connectivity index (χ4n) is 5.69. The summed E-state index contributed by atoms with van der Waals surface area (Å²) in [4.78, 5) is 26.0. The maximum absolute atomic E-state index is 13.5. The summed E-state index contributed by atoms with van der Waals surface area (Å²) in [6, 6.07) is 11.3. The van der Waals surface area contributed by atoms with Gasteiger partial charge in [-0.3, -0.25) is 9.59 Å². The number of hydrogen-bond acceptors (Lipinski definition) is 4. The summed E-state index contributed by atoms with van der Waals surface area (Å²) >= 11 is 6.21. The van der Waals surface area contributed by atoms with E-state index in [0.717, 1.165) is 33.6 Å². The van der Waals surface area contributed by atoms with E-state index in [2.05, 4.69) is 0 Å². The van der Waals surface area contributed by atoms with Crippen molar-refractivity contribution < 1.29 is 14.6 Å². The van der Waals surface area contributed by atoms with E-state index in [4.69, 9.17) is 22.1 Å². The summed E-state index contributed by atoms with van der Waals surface area (Å²) in [7, 11) is 1.71. The Balaban J connectivity index is 1.69. The molecule has 7 nitrogen and oxygen atoms in total. The third kappa shape index (κ3) is 4.72. The molecule has 1 aliphatic rings. The molecule has 0 bridgehead atoms. The number of aliphatic hydroxyl groups excluding tert-OH is 1. The number of hydrogen-bond donors (Lipinski definition) is 2. The normalized spacial score (nSPS) is 17.6. The van der Waals surface area contributed by atoms with Gasteiger partial charge in [-0.1, -0.05) is 17.7 Å². The molecule has 8 heteroatoms. The van der Waals surface area contributed by atoms with E-state index < -0.39 is 5.91 Å². The van der Waals surface area contributed by atoms with Crippen molar-refractivity contribution in [3.05, 3.63) is 80.4 Å². The van der Waals surface area contributed by atoms with Crippen molar-refractivity contribution in [2.45, 2.75) is 58.6 Å². The van der Waals surface area contributed by atoms with Gasteiger partial charge < -0.3 is 24.7 Å². The van der Waals surface area contributed by atoms with Crippen LogP contribution in [0, 0.1) is 20.8 Å². The number of nitrogens with two attached hydrogens (primary N) is 1. The van der Waals surface area contributed by atoms with Gasteiger partial charge in [-0.25, -0.2) is 0 Å². The zero-order valence-corrected chi connectivity index (χ0v) is 22.8. The molecule has 0 atom stereocenters. The summed E-state index contributed by atoms with van der Waals surface area (Å²) in [5.74, 6) is 0.826. The summed E-state index contributed by atoms with van der Waals surface area (Å²) in [6.45, 7) is 5.91. The molecule has 3 N–H and O–H groups in total. The highest BCUT2D eigenvalue weighted by Crippen LogP contribution is 2.38. The van der Waals surface area contributed by atoms with Crippen molar-refractivity contribution >= 4 is 28.4 Å². The monoisotopic (exact) mass is 533 g/mol. The van der Waals surface area contributed by atoms with Crippen molar-refractivity contribution in [1.82, 2.24) is 9.13 Å². The predicted octanol–water partition coefficient (Wildman–Crippen LogP) is 5.95. The van der Waals surface area contributed by atoms with Crippen molar-refractivity contribution in [2.24, 2.45) is 12.8 Å². The molecule has 38 heavy (non-hydrogen) atoms. The third-order valence-corrected chi connectivity index (χ3v) is 7.68. The second-order valence-electron chi connectivity index (χ2n) is 10.5. The van der Waals surface area contributed by atoms with Gasteiger partial charge in [0.25, 0.3) is 11.5 Å². The highest BCUT2D eigenvalue weighted by molar-refractivity contribution is 6.30. The number of ether oxygens (including phenoxy) is 1. The number of aryl methyl sites for hydroxylation is 4. The number of nitrogens with zero attached hydrogens (tertiary/aromatic N) is 2. The average Bonchev–Trinajstić information content (AvgIpc) is 3.25. The number of carbonyl (C=O) groups is 1. The molecular weight excluding hydrogens is 502 g/mol. The van der Waals surface area contributed by atoms with Gasteiger partial charge in [0.05, 0.1) is 6.10 Å². The lowest BCUT2D eigenvalue weighted by Gasteiger charge is -2.28. The van der Waals surface area contributed by atoms with E-state index >= 15 is 0 Å². The first-order valence-corrected chi connectivity index (χ1v) is 13.2. The van der Waals surface area contributed by atoms with E-state index in [1.807, 2.05) is 55.7 Å². The largest absolute Gasteiger partial charge is 0.457 e. The second kappa shape index (κ2) is 9.97. The third-order valence-electron chi connectivity index (χ3n) is 7.46. The molecule has 5 rings (SSSR count). The minimum Gasteiger partial charge on any atom is -0.457 e. The maximum Gasteiger partial charge on any atom is 0.274 e. The second-order valence-corrected chi connectivity index (χ2v) is 10.9. The van der Waals surface area contributed by atoms with E-state index in [1.54, 1.807) is 23.9 Å². The minimum absolute atomic E-state index is 0.0893. The molecule has 0 saturated heterocycles. The Kier molecular flexibility index (Phi) is 6.84. The summed E-state index contributed by atoms with van der Waals surface area (Å²) in [6.07, 6.45) is 4.00. The molecule has 2 heterocycles. The Hall–Kier alpha value is -3.55. The Morgan fingerprint density at radius 3 is 2.32 bits per heavy atom. The first-order chi connectivity index (χ1) is 18.0. The molecule has 2 aromatic heterocycles. The van der Waals surface area contributed by atoms with Crippen LogP contribution in [0.1, 0.15) is 58.9 Å². The van der Waals surface area contributed by atoms with Crippen LogP contribution in [0.15, 0.2) is 47.4 Å². The summed E-state index contributed by atoms with van der Waals surface area (Å²) in [5.41, 5.74) is 10.9. The van der Waals surface area contributed by atoms with Crippen molar-refractivity contribution in [1.29, 1.82) is 0 Å². The standard InChI is InChI=1S/C30H32ClN3O4/c1-16-9-19(13-23(10-16)38-28-17(2)11-20(31)12-18(28)3)25-15-33(4)30(37)27-24(25)14-26(29(32)36)34(27)21-5-7-22(35)8-6-21/h9-15,21-22,35H,5-8H2,1-4H3,(H2,32,36). The van der Waals surface area contributed by atoms with Crippen LogP contribution in [-0.4, -0.2) is 26.3 Å². The average molecular weight is 534 g/mol. The molecule has 198 valence electrons. The molecule has 0 radical (unpaired) electrons. The van der Waals surface area contributed by atoms with E-state index in [-0.39, 0.29) is 17.7 Å². The van der Waals surface area contributed by atoms with Crippen LogP contribution in [0.3, 0.4) is 0 Å². The number of pyridine rings is 1. The quantitative estimate of drug-likeness (QED) is 0.331. The lowest BCUT2D eigenvalue weighted by molar-refractivity contribution is 0.0971. The maximum atomic E-state index is 13.5. The molecule has 1 aliphatic carbocycles. The van der Waals surface area contributed by atoms with Crippen LogP contribution < -0.4 is 16.0 Å². The highest BCUT2D eigenvalue weighted by Gasteiger charge is 2.28. The summed E-state index contributed by atoms with van der Waals surface area (Å²) in [5, 5.41) is 11.4. The molecule has 1 saturated carbocycles. The predicted molar refractivity (Wildman–Crippen MR) is 150 cm³/mol. The lowest BCUT2D eigenvalue weighted by Crippen LogP contribution is -2.28. The van der Waals surface area contributed by atoms with Crippen molar-refractivity contribution in [2.75, 3.05) is 0 Å². The number of rotatable bonds is 5. The number of aromatic nitrogens is 2. The van der Waals surface area contributed by atoms with Crippen LogP contribution in [-0.2, 0) is 7.05 Å². The number of halogens is 1. The number of benzene rings is 2. The molecule has 4 aromatic rings. The molecule has 1 amide bonds. The Morgan fingerprint density at radius 1 is 1.03 bits per heavy atom. The number of amides is 1. The first kappa shape index (κ1) is 26.1.